The fourth-order valence-electron chi connectivity index (χ4n) is 5.40. The van der Waals surface area contributed by atoms with Crippen molar-refractivity contribution in [2.45, 2.75) is 24.9 Å². The number of nitrogens with zero attached hydrogens (tertiary/aromatic N) is 3. The first-order valence-electron chi connectivity index (χ1n) is 10.3. The summed E-state index contributed by atoms with van der Waals surface area (Å²) in [6.45, 7) is 1.75. The highest BCUT2D eigenvalue weighted by molar-refractivity contribution is 5.96. The molecule has 2 bridgehead atoms. The fraction of sp³-hybridized carbons (Fsp3) is 0.348. The lowest BCUT2D eigenvalue weighted by Gasteiger charge is -2.44. The molecule has 4 heterocycles. The Morgan fingerprint density at radius 1 is 1.10 bits per heavy atom. The maximum Gasteiger partial charge on any atom is 0.335 e. The standard InChI is InChI=1S/C23H23N3O5/c1-24-12-17(16-6-5-14(22(28)29)8-19(16)24)21(23(30)31)25-9-13-7-15(11-25)18-3-2-4-20(27)26(18)10-13/h2-6,8,12-13,15,21H,7,9-11H2,1H3,(H,28,29)(H,30,31)/t13-,15-,21?/m1/s1. The SMILES string of the molecule is Cn1cc(C(C(=O)O)N2C[C@H]3C[C@H](C2)c2cccc(=O)n2C3)c2ccc(C(=O)O)cc21. The van der Waals surface area contributed by atoms with Crippen LogP contribution in [-0.2, 0) is 18.4 Å². The molecular weight excluding hydrogens is 398 g/mol. The first-order chi connectivity index (χ1) is 14.8. The molecule has 3 aromatic rings. The van der Waals surface area contributed by atoms with Gasteiger partial charge in [0.15, 0.2) is 0 Å². The van der Waals surface area contributed by atoms with Crippen LogP contribution in [0.4, 0.5) is 0 Å². The van der Waals surface area contributed by atoms with Crippen LogP contribution in [0.5, 0.6) is 0 Å². The third kappa shape index (κ3) is 3.14. The Balaban J connectivity index is 1.55. The number of hydrogen-bond acceptors (Lipinski definition) is 4. The van der Waals surface area contributed by atoms with E-state index in [0.717, 1.165) is 17.5 Å². The van der Waals surface area contributed by atoms with Gasteiger partial charge < -0.3 is 19.3 Å². The molecule has 2 aromatic heterocycles. The molecule has 0 spiro atoms. The van der Waals surface area contributed by atoms with E-state index in [2.05, 4.69) is 0 Å². The first-order valence-corrected chi connectivity index (χ1v) is 10.3. The van der Waals surface area contributed by atoms with Crippen LogP contribution in [0.15, 0.2) is 47.4 Å². The Morgan fingerprint density at radius 3 is 2.65 bits per heavy atom. The van der Waals surface area contributed by atoms with Gasteiger partial charge in [-0.15, -0.1) is 0 Å². The summed E-state index contributed by atoms with van der Waals surface area (Å²) in [7, 11) is 1.80. The lowest BCUT2D eigenvalue weighted by molar-refractivity contribution is -0.144. The summed E-state index contributed by atoms with van der Waals surface area (Å²) < 4.78 is 3.62. The summed E-state index contributed by atoms with van der Waals surface area (Å²) in [5.74, 6) is -1.63. The van der Waals surface area contributed by atoms with E-state index in [1.54, 1.807) is 42.1 Å². The van der Waals surface area contributed by atoms with Gasteiger partial charge in [-0.3, -0.25) is 14.5 Å². The fourth-order valence-corrected chi connectivity index (χ4v) is 5.40. The van der Waals surface area contributed by atoms with Crippen LogP contribution in [-0.4, -0.2) is 49.3 Å². The third-order valence-electron chi connectivity index (χ3n) is 6.67. The molecule has 8 heteroatoms. The maximum atomic E-state index is 12.4. The summed E-state index contributed by atoms with van der Waals surface area (Å²) >= 11 is 0. The minimum atomic E-state index is -1.02. The van der Waals surface area contributed by atoms with Crippen molar-refractivity contribution in [3.05, 3.63) is 69.8 Å². The van der Waals surface area contributed by atoms with Gasteiger partial charge in [0.1, 0.15) is 6.04 Å². The maximum absolute atomic E-state index is 12.4. The molecular formula is C23H23N3O5. The lowest BCUT2D eigenvalue weighted by Crippen LogP contribution is -2.49. The number of piperidine rings is 1. The topological polar surface area (TPSA) is 105 Å². The summed E-state index contributed by atoms with van der Waals surface area (Å²) in [4.78, 5) is 38.1. The average Bonchev–Trinajstić information content (AvgIpc) is 3.04. The molecule has 1 unspecified atom stereocenters. The van der Waals surface area contributed by atoms with Crippen molar-refractivity contribution < 1.29 is 19.8 Å². The molecule has 8 nitrogen and oxygen atoms in total. The molecule has 31 heavy (non-hydrogen) atoms. The predicted molar refractivity (Wildman–Crippen MR) is 113 cm³/mol. The minimum absolute atomic E-state index is 0.00118. The van der Waals surface area contributed by atoms with Crippen LogP contribution in [0, 0.1) is 5.92 Å². The van der Waals surface area contributed by atoms with Crippen molar-refractivity contribution in [1.82, 2.24) is 14.0 Å². The van der Waals surface area contributed by atoms with E-state index < -0.39 is 18.0 Å². The Hall–Kier alpha value is -3.39. The van der Waals surface area contributed by atoms with Crippen molar-refractivity contribution >= 4 is 22.8 Å². The van der Waals surface area contributed by atoms with Crippen molar-refractivity contribution in [2.75, 3.05) is 13.1 Å². The molecule has 0 saturated carbocycles. The number of aromatic nitrogens is 2. The van der Waals surface area contributed by atoms with Crippen LogP contribution >= 0.6 is 0 Å². The van der Waals surface area contributed by atoms with Gasteiger partial charge in [0.25, 0.3) is 5.56 Å². The van der Waals surface area contributed by atoms with E-state index >= 15 is 0 Å². The normalized spacial score (nSPS) is 21.6. The molecule has 0 aliphatic carbocycles. The Labute approximate surface area is 177 Å². The molecule has 0 radical (unpaired) electrons. The number of carboxylic acid groups (broad SMARTS) is 2. The summed E-state index contributed by atoms with van der Waals surface area (Å²) in [5.41, 5.74) is 2.49. The predicted octanol–water partition coefficient (Wildman–Crippen LogP) is 2.28. The van der Waals surface area contributed by atoms with E-state index in [1.165, 1.54) is 6.07 Å². The largest absolute Gasteiger partial charge is 0.480 e. The summed E-state index contributed by atoms with van der Waals surface area (Å²) in [5, 5.41) is 20.2. The van der Waals surface area contributed by atoms with Crippen molar-refractivity contribution in [3.63, 3.8) is 0 Å². The number of pyridine rings is 1. The smallest absolute Gasteiger partial charge is 0.335 e. The van der Waals surface area contributed by atoms with Gasteiger partial charge in [0.05, 0.1) is 5.56 Å². The van der Waals surface area contributed by atoms with Gasteiger partial charge >= 0.3 is 11.9 Å². The number of aromatic carboxylic acids is 1. The zero-order valence-corrected chi connectivity index (χ0v) is 17.1. The van der Waals surface area contributed by atoms with Gasteiger partial charge in [0.2, 0.25) is 0 Å². The number of benzene rings is 1. The highest BCUT2D eigenvalue weighted by Gasteiger charge is 2.40. The zero-order chi connectivity index (χ0) is 21.9. The summed E-state index contributed by atoms with van der Waals surface area (Å²) in [6.07, 6.45) is 2.74. The van der Waals surface area contributed by atoms with Gasteiger partial charge in [0, 0.05) is 67.0 Å². The van der Waals surface area contributed by atoms with Crippen molar-refractivity contribution in [2.24, 2.45) is 13.0 Å². The number of carbonyl (C=O) groups is 2. The number of rotatable bonds is 4. The van der Waals surface area contributed by atoms with Gasteiger partial charge in [-0.25, -0.2) is 4.79 Å². The van der Waals surface area contributed by atoms with Crippen LogP contribution in [0.2, 0.25) is 0 Å². The van der Waals surface area contributed by atoms with Crippen LogP contribution in [0.25, 0.3) is 10.9 Å². The number of fused-ring (bicyclic) bond motifs is 5. The van der Waals surface area contributed by atoms with Crippen LogP contribution < -0.4 is 5.56 Å². The molecule has 5 rings (SSSR count). The van der Waals surface area contributed by atoms with Crippen LogP contribution in [0.3, 0.4) is 0 Å². The quantitative estimate of drug-likeness (QED) is 0.670. The van der Waals surface area contributed by atoms with E-state index in [9.17, 15) is 24.6 Å². The second-order valence-electron chi connectivity index (χ2n) is 8.63. The highest BCUT2D eigenvalue weighted by atomic mass is 16.4. The number of likely N-dealkylation sites (tertiary alicyclic amines) is 1. The van der Waals surface area contributed by atoms with E-state index in [0.29, 0.717) is 30.7 Å². The zero-order valence-electron chi connectivity index (χ0n) is 17.1. The van der Waals surface area contributed by atoms with Gasteiger partial charge in [-0.05, 0) is 30.5 Å². The molecule has 0 amide bonds. The Morgan fingerprint density at radius 2 is 1.90 bits per heavy atom. The minimum Gasteiger partial charge on any atom is -0.480 e. The summed E-state index contributed by atoms with van der Waals surface area (Å²) in [6, 6.07) is 9.26. The second-order valence-corrected chi connectivity index (χ2v) is 8.63. The van der Waals surface area contributed by atoms with E-state index in [-0.39, 0.29) is 23.0 Å². The van der Waals surface area contributed by atoms with Crippen molar-refractivity contribution in [3.8, 4) is 0 Å². The molecule has 1 aromatic carbocycles. The average molecular weight is 421 g/mol. The Bertz CT molecular complexity index is 1270. The molecule has 3 atom stereocenters. The monoisotopic (exact) mass is 421 g/mol. The third-order valence-corrected chi connectivity index (χ3v) is 6.67. The van der Waals surface area contributed by atoms with E-state index in [4.69, 9.17) is 0 Å². The first kappa shape index (κ1) is 19.6. The highest BCUT2D eigenvalue weighted by Crippen LogP contribution is 2.40. The molecule has 2 aliphatic rings. The molecule has 1 fully saturated rings. The Kier molecular flexibility index (Phi) is 4.48. The van der Waals surface area contributed by atoms with E-state index in [1.807, 2.05) is 15.5 Å². The molecule has 160 valence electrons. The molecule has 2 N–H and O–H groups in total. The number of aryl methyl sites for hydroxylation is 1. The number of carboxylic acids is 2. The second kappa shape index (κ2) is 7.09. The van der Waals surface area contributed by atoms with Crippen molar-refractivity contribution in [1.29, 1.82) is 0 Å². The molecule has 1 saturated heterocycles. The number of aliphatic carboxylic acids is 1. The number of hydrogen-bond donors (Lipinski definition) is 2. The van der Waals surface area contributed by atoms with Gasteiger partial charge in [-0.1, -0.05) is 12.1 Å². The lowest BCUT2D eigenvalue weighted by atomic mass is 9.82. The molecule has 2 aliphatic heterocycles. The van der Waals surface area contributed by atoms with Gasteiger partial charge in [-0.2, -0.15) is 0 Å². The van der Waals surface area contributed by atoms with Crippen LogP contribution in [0.1, 0.15) is 40.0 Å².